The molecule has 0 aliphatic carbocycles. The van der Waals surface area contributed by atoms with Crippen molar-refractivity contribution < 1.29 is 42.2 Å². The molecule has 0 unspecified atom stereocenters. The lowest BCUT2D eigenvalue weighted by atomic mass is 10.1. The number of carbonyl (C=O) groups is 4. The van der Waals surface area contributed by atoms with Crippen LogP contribution in [0.25, 0.3) is 0 Å². The average molecular weight is 455 g/mol. The van der Waals surface area contributed by atoms with Gasteiger partial charge in [0.2, 0.25) is 0 Å². The van der Waals surface area contributed by atoms with Crippen LogP contribution in [0.4, 0.5) is 13.8 Å². The summed E-state index contributed by atoms with van der Waals surface area (Å²) < 4.78 is 38.6. The molecule has 0 fully saturated rings. The second-order valence-electron chi connectivity index (χ2n) is 6.07. The van der Waals surface area contributed by atoms with Gasteiger partial charge < -0.3 is 19.5 Å². The van der Waals surface area contributed by atoms with Gasteiger partial charge in [-0.15, -0.1) is 11.3 Å². The van der Waals surface area contributed by atoms with Gasteiger partial charge in [0.1, 0.15) is 10.8 Å². The lowest BCUT2D eigenvalue weighted by molar-refractivity contribution is -0.119. The maximum Gasteiger partial charge on any atom is 0.387 e. The van der Waals surface area contributed by atoms with Gasteiger partial charge in [-0.25, -0.2) is 9.59 Å². The average Bonchev–Trinajstić information content (AvgIpc) is 3.02. The quantitative estimate of drug-likeness (QED) is 0.452. The smallest absolute Gasteiger partial charge is 0.387 e. The summed E-state index contributed by atoms with van der Waals surface area (Å²) in [5, 5.41) is 2.53. The molecule has 1 amide bonds. The van der Waals surface area contributed by atoms with Gasteiger partial charge in [-0.3, -0.25) is 9.59 Å². The van der Waals surface area contributed by atoms with Gasteiger partial charge in [-0.2, -0.15) is 8.78 Å². The first kappa shape index (κ1) is 23.9. The third-order valence-electron chi connectivity index (χ3n) is 3.83. The van der Waals surface area contributed by atoms with E-state index in [2.05, 4.69) is 10.1 Å². The number of thiophene rings is 1. The zero-order valence-corrected chi connectivity index (χ0v) is 17.6. The first-order chi connectivity index (χ1) is 14.6. The van der Waals surface area contributed by atoms with Crippen molar-refractivity contribution in [3.63, 3.8) is 0 Å². The highest BCUT2D eigenvalue weighted by atomic mass is 32.1. The Bertz CT molecular complexity index is 1000. The number of alkyl halides is 2. The first-order valence-electron chi connectivity index (χ1n) is 8.97. The van der Waals surface area contributed by atoms with Crippen molar-refractivity contribution in [1.29, 1.82) is 0 Å². The highest BCUT2D eigenvalue weighted by Crippen LogP contribution is 2.34. The molecule has 0 aliphatic rings. The van der Waals surface area contributed by atoms with Crippen LogP contribution in [0.1, 0.15) is 49.8 Å². The van der Waals surface area contributed by atoms with Crippen molar-refractivity contribution in [2.24, 2.45) is 0 Å². The highest BCUT2D eigenvalue weighted by molar-refractivity contribution is 7.18. The van der Waals surface area contributed by atoms with Crippen LogP contribution in [-0.2, 0) is 14.3 Å². The number of benzene rings is 1. The number of halogens is 2. The van der Waals surface area contributed by atoms with Gasteiger partial charge in [-0.1, -0.05) is 6.07 Å². The molecule has 1 aromatic carbocycles. The zero-order valence-electron chi connectivity index (χ0n) is 16.8. The summed E-state index contributed by atoms with van der Waals surface area (Å²) >= 11 is 0.905. The minimum atomic E-state index is -3.06. The van der Waals surface area contributed by atoms with Crippen LogP contribution in [0.2, 0.25) is 0 Å². The number of hydrogen-bond donors (Lipinski definition) is 1. The number of ether oxygens (including phenoxy) is 3. The monoisotopic (exact) mass is 455 g/mol. The van der Waals surface area contributed by atoms with Crippen molar-refractivity contribution in [3.05, 3.63) is 45.8 Å². The second kappa shape index (κ2) is 10.6. The lowest BCUT2D eigenvalue weighted by Gasteiger charge is -2.09. The molecule has 0 bridgehead atoms. The number of anilines is 1. The lowest BCUT2D eigenvalue weighted by Crippen LogP contribution is -2.21. The molecule has 1 N–H and O–H groups in total. The predicted molar refractivity (Wildman–Crippen MR) is 107 cm³/mol. The molecule has 166 valence electrons. The van der Waals surface area contributed by atoms with Crippen LogP contribution >= 0.6 is 11.3 Å². The van der Waals surface area contributed by atoms with Gasteiger partial charge in [0.15, 0.2) is 12.4 Å². The molecule has 2 rings (SSSR count). The molecule has 0 saturated heterocycles. The molecule has 11 heteroatoms. The molecule has 0 radical (unpaired) electrons. The van der Waals surface area contributed by atoms with E-state index >= 15 is 0 Å². The predicted octanol–water partition coefficient (Wildman–Crippen LogP) is 3.83. The standard InChI is InChI=1S/C20H19F2NO7S/c1-4-28-19(27)15-10(2)16(11(3)24)31-17(15)23-14(25)9-29-18(26)12-6-5-7-13(8-12)30-20(21)22/h5-8,20H,4,9H2,1-3H3,(H,23,25). The number of Topliss-reactive ketones (excluding diaryl/α,β-unsaturated/α-hetero) is 1. The van der Waals surface area contributed by atoms with Gasteiger partial charge in [0.05, 0.1) is 22.6 Å². The molecule has 1 aromatic heterocycles. The molecule has 0 saturated carbocycles. The van der Waals surface area contributed by atoms with E-state index in [0.717, 1.165) is 17.4 Å². The normalized spacial score (nSPS) is 10.5. The van der Waals surface area contributed by atoms with E-state index in [0.29, 0.717) is 5.56 Å². The zero-order chi connectivity index (χ0) is 23.1. The topological polar surface area (TPSA) is 108 Å². The Morgan fingerprint density at radius 1 is 1.13 bits per heavy atom. The SMILES string of the molecule is CCOC(=O)c1c(NC(=O)COC(=O)c2cccc(OC(F)F)c2)sc(C(C)=O)c1C. The van der Waals surface area contributed by atoms with Crippen LogP contribution in [0.15, 0.2) is 24.3 Å². The summed E-state index contributed by atoms with van der Waals surface area (Å²) in [6, 6.07) is 4.90. The summed E-state index contributed by atoms with van der Waals surface area (Å²) in [6.07, 6.45) is 0. The molecule has 31 heavy (non-hydrogen) atoms. The Hall–Kier alpha value is -3.34. The summed E-state index contributed by atoms with van der Waals surface area (Å²) in [6.45, 7) is 0.831. The van der Waals surface area contributed by atoms with E-state index in [1.54, 1.807) is 13.8 Å². The van der Waals surface area contributed by atoms with E-state index in [1.807, 2.05) is 0 Å². The second-order valence-corrected chi connectivity index (χ2v) is 7.09. The van der Waals surface area contributed by atoms with E-state index in [-0.39, 0.29) is 39.1 Å². The summed E-state index contributed by atoms with van der Waals surface area (Å²) in [5.41, 5.74) is 0.330. The van der Waals surface area contributed by atoms with Crippen LogP contribution in [0.5, 0.6) is 5.75 Å². The van der Waals surface area contributed by atoms with Crippen LogP contribution in [-0.4, -0.2) is 43.5 Å². The van der Waals surface area contributed by atoms with Gasteiger partial charge in [-0.05, 0) is 44.5 Å². The molecule has 8 nitrogen and oxygen atoms in total. The van der Waals surface area contributed by atoms with Gasteiger partial charge in [0.25, 0.3) is 5.91 Å². The molecule has 2 aromatic rings. The van der Waals surface area contributed by atoms with E-state index in [1.165, 1.54) is 25.1 Å². The molecular weight excluding hydrogens is 436 g/mol. The third-order valence-corrected chi connectivity index (χ3v) is 5.14. The van der Waals surface area contributed by atoms with Gasteiger partial charge in [0, 0.05) is 0 Å². The minimum Gasteiger partial charge on any atom is -0.462 e. The summed E-state index contributed by atoms with van der Waals surface area (Å²) in [7, 11) is 0. The Morgan fingerprint density at radius 2 is 1.84 bits per heavy atom. The van der Waals surface area contributed by atoms with Gasteiger partial charge >= 0.3 is 18.6 Å². The number of rotatable bonds is 9. The fraction of sp³-hybridized carbons (Fsp3) is 0.300. The minimum absolute atomic E-state index is 0.0496. The molecule has 1 heterocycles. The maximum absolute atomic E-state index is 12.3. The maximum atomic E-state index is 12.3. The Morgan fingerprint density at radius 3 is 2.45 bits per heavy atom. The summed E-state index contributed by atoms with van der Waals surface area (Å²) in [4.78, 5) is 48.6. The number of ketones is 1. The number of carbonyl (C=O) groups excluding carboxylic acids is 4. The fourth-order valence-corrected chi connectivity index (χ4v) is 3.67. The van der Waals surface area contributed by atoms with Crippen molar-refractivity contribution >= 4 is 40.0 Å². The number of hydrogen-bond acceptors (Lipinski definition) is 8. The number of esters is 2. The fourth-order valence-electron chi connectivity index (χ4n) is 2.56. The molecular formula is C20H19F2NO7S. The van der Waals surface area contributed by atoms with Crippen molar-refractivity contribution in [3.8, 4) is 5.75 Å². The van der Waals surface area contributed by atoms with Crippen molar-refractivity contribution in [2.45, 2.75) is 27.4 Å². The third kappa shape index (κ3) is 6.32. The van der Waals surface area contributed by atoms with Crippen molar-refractivity contribution in [2.75, 3.05) is 18.5 Å². The molecule has 0 aliphatic heterocycles. The van der Waals surface area contributed by atoms with Crippen LogP contribution < -0.4 is 10.1 Å². The largest absolute Gasteiger partial charge is 0.462 e. The number of nitrogens with one attached hydrogen (secondary N) is 1. The molecule has 0 spiro atoms. The number of amides is 1. The Labute approximate surface area is 180 Å². The first-order valence-corrected chi connectivity index (χ1v) is 9.79. The Kier molecular flexibility index (Phi) is 8.20. The highest BCUT2D eigenvalue weighted by Gasteiger charge is 2.25. The van der Waals surface area contributed by atoms with E-state index in [9.17, 15) is 28.0 Å². The van der Waals surface area contributed by atoms with E-state index < -0.39 is 31.1 Å². The van der Waals surface area contributed by atoms with E-state index in [4.69, 9.17) is 9.47 Å². The Balaban J connectivity index is 2.09. The van der Waals surface area contributed by atoms with Crippen molar-refractivity contribution in [1.82, 2.24) is 0 Å². The van der Waals surface area contributed by atoms with Crippen LogP contribution in [0.3, 0.4) is 0 Å². The summed E-state index contributed by atoms with van der Waals surface area (Å²) in [5.74, 6) is -2.93. The molecule has 0 atom stereocenters. The van der Waals surface area contributed by atoms with Crippen LogP contribution in [0, 0.1) is 6.92 Å².